The standard InChI is InChI=1S/C17H16N2O3/c1-10-8-11(16(18)20)6-7-14(10)19-17(21)13-9-22-15-5-3-2-4-12(13)15/h2-8,13H,9H2,1H3,(H2,18,20)(H,19,21)/t13-/m1/s1. The molecule has 0 bridgehead atoms. The molecule has 2 amide bonds. The van der Waals surface area contributed by atoms with E-state index in [2.05, 4.69) is 5.32 Å². The van der Waals surface area contributed by atoms with Crippen molar-refractivity contribution in [2.75, 3.05) is 11.9 Å². The van der Waals surface area contributed by atoms with E-state index >= 15 is 0 Å². The summed E-state index contributed by atoms with van der Waals surface area (Å²) in [6, 6.07) is 12.5. The number of nitrogens with one attached hydrogen (secondary N) is 1. The van der Waals surface area contributed by atoms with Gasteiger partial charge in [0.05, 0.1) is 0 Å². The van der Waals surface area contributed by atoms with Crippen molar-refractivity contribution in [3.63, 3.8) is 0 Å². The number of para-hydroxylation sites is 1. The van der Waals surface area contributed by atoms with Gasteiger partial charge in [0.2, 0.25) is 11.8 Å². The van der Waals surface area contributed by atoms with Gasteiger partial charge in [0.15, 0.2) is 0 Å². The molecule has 0 aliphatic carbocycles. The number of rotatable bonds is 3. The van der Waals surface area contributed by atoms with E-state index in [1.807, 2.05) is 31.2 Å². The van der Waals surface area contributed by atoms with Crippen LogP contribution in [-0.4, -0.2) is 18.4 Å². The number of hydrogen-bond acceptors (Lipinski definition) is 3. The molecule has 5 heteroatoms. The smallest absolute Gasteiger partial charge is 0.248 e. The molecule has 1 aliphatic rings. The van der Waals surface area contributed by atoms with Crippen LogP contribution in [0.1, 0.15) is 27.4 Å². The van der Waals surface area contributed by atoms with Crippen molar-refractivity contribution in [2.45, 2.75) is 12.8 Å². The number of carbonyl (C=O) groups excluding carboxylic acids is 2. The van der Waals surface area contributed by atoms with Crippen molar-refractivity contribution in [2.24, 2.45) is 5.73 Å². The number of carbonyl (C=O) groups is 2. The molecule has 1 atom stereocenters. The second kappa shape index (κ2) is 5.52. The van der Waals surface area contributed by atoms with Crippen molar-refractivity contribution in [1.82, 2.24) is 0 Å². The number of aryl methyl sites for hydroxylation is 1. The summed E-state index contributed by atoms with van der Waals surface area (Å²) < 4.78 is 5.53. The number of fused-ring (bicyclic) bond motifs is 1. The third-order valence-corrected chi connectivity index (χ3v) is 3.79. The van der Waals surface area contributed by atoms with Crippen molar-refractivity contribution in [3.05, 3.63) is 59.2 Å². The van der Waals surface area contributed by atoms with Gasteiger partial charge in [0.25, 0.3) is 0 Å². The molecule has 5 nitrogen and oxygen atoms in total. The summed E-state index contributed by atoms with van der Waals surface area (Å²) in [7, 11) is 0. The first-order valence-electron chi connectivity index (χ1n) is 6.99. The highest BCUT2D eigenvalue weighted by molar-refractivity contribution is 5.98. The Kier molecular flexibility index (Phi) is 3.55. The molecule has 0 fully saturated rings. The fourth-order valence-electron chi connectivity index (χ4n) is 2.56. The summed E-state index contributed by atoms with van der Waals surface area (Å²) in [5.74, 6) is -0.186. The molecule has 0 saturated heterocycles. The molecule has 22 heavy (non-hydrogen) atoms. The van der Waals surface area contributed by atoms with Crippen LogP contribution >= 0.6 is 0 Å². The number of amides is 2. The molecular formula is C17H16N2O3. The Morgan fingerprint density at radius 2 is 2.00 bits per heavy atom. The van der Waals surface area contributed by atoms with Gasteiger partial charge in [0, 0.05) is 16.8 Å². The summed E-state index contributed by atoms with van der Waals surface area (Å²) in [6.45, 7) is 2.16. The topological polar surface area (TPSA) is 81.4 Å². The summed E-state index contributed by atoms with van der Waals surface area (Å²) in [6.07, 6.45) is 0. The first-order chi connectivity index (χ1) is 10.6. The SMILES string of the molecule is Cc1cc(C(N)=O)ccc1NC(=O)[C@@H]1COc2ccccc21. The molecule has 1 aliphatic heterocycles. The maximum absolute atomic E-state index is 12.5. The van der Waals surface area contributed by atoms with E-state index in [0.29, 0.717) is 17.9 Å². The average Bonchev–Trinajstić information content (AvgIpc) is 2.93. The Morgan fingerprint density at radius 3 is 2.73 bits per heavy atom. The van der Waals surface area contributed by atoms with Crippen molar-refractivity contribution in [1.29, 1.82) is 0 Å². The van der Waals surface area contributed by atoms with Crippen molar-refractivity contribution < 1.29 is 14.3 Å². The molecule has 3 N–H and O–H groups in total. The highest BCUT2D eigenvalue weighted by Gasteiger charge is 2.30. The van der Waals surface area contributed by atoms with E-state index in [-0.39, 0.29) is 11.8 Å². The number of nitrogens with two attached hydrogens (primary N) is 1. The number of hydrogen-bond donors (Lipinski definition) is 2. The fraction of sp³-hybridized carbons (Fsp3) is 0.176. The third-order valence-electron chi connectivity index (χ3n) is 3.79. The molecule has 0 radical (unpaired) electrons. The van der Waals surface area contributed by atoms with Crippen LogP contribution in [0, 0.1) is 6.92 Å². The number of benzene rings is 2. The highest BCUT2D eigenvalue weighted by atomic mass is 16.5. The number of primary amides is 1. The van der Waals surface area contributed by atoms with Crippen LogP contribution in [-0.2, 0) is 4.79 Å². The Balaban J connectivity index is 1.80. The summed E-state index contributed by atoms with van der Waals surface area (Å²) >= 11 is 0. The molecule has 2 aromatic rings. The first-order valence-corrected chi connectivity index (χ1v) is 6.99. The number of ether oxygens (including phenoxy) is 1. The normalized spacial score (nSPS) is 15.8. The van der Waals surface area contributed by atoms with E-state index in [1.54, 1.807) is 18.2 Å². The predicted molar refractivity (Wildman–Crippen MR) is 83.0 cm³/mol. The molecule has 112 valence electrons. The van der Waals surface area contributed by atoms with E-state index in [1.165, 1.54) is 0 Å². The Hall–Kier alpha value is -2.82. The molecular weight excluding hydrogens is 280 g/mol. The summed E-state index contributed by atoms with van der Waals surface area (Å²) in [5.41, 5.74) is 8.01. The highest BCUT2D eigenvalue weighted by Crippen LogP contribution is 2.34. The van der Waals surface area contributed by atoms with Crippen molar-refractivity contribution in [3.8, 4) is 5.75 Å². The summed E-state index contributed by atoms with van der Waals surface area (Å²) in [5, 5.41) is 2.89. The van der Waals surface area contributed by atoms with Crippen LogP contribution in [0.3, 0.4) is 0 Å². The van der Waals surface area contributed by atoms with E-state index in [4.69, 9.17) is 10.5 Å². The van der Waals surface area contributed by atoms with Crippen LogP contribution in [0.15, 0.2) is 42.5 Å². The quantitative estimate of drug-likeness (QED) is 0.911. The van der Waals surface area contributed by atoms with Gasteiger partial charge in [0.1, 0.15) is 18.3 Å². The second-order valence-electron chi connectivity index (χ2n) is 5.28. The number of anilines is 1. The molecule has 2 aromatic carbocycles. The predicted octanol–water partition coefficient (Wildman–Crippen LogP) is 2.21. The minimum Gasteiger partial charge on any atom is -0.492 e. The lowest BCUT2D eigenvalue weighted by atomic mass is 10.00. The van der Waals surface area contributed by atoms with Gasteiger partial charge in [-0.2, -0.15) is 0 Å². The zero-order valence-corrected chi connectivity index (χ0v) is 12.1. The van der Waals surface area contributed by atoms with Crippen LogP contribution in [0.5, 0.6) is 5.75 Å². The van der Waals surface area contributed by atoms with E-state index < -0.39 is 5.91 Å². The maximum atomic E-state index is 12.5. The second-order valence-corrected chi connectivity index (χ2v) is 5.28. The molecule has 0 aromatic heterocycles. The monoisotopic (exact) mass is 296 g/mol. The zero-order valence-electron chi connectivity index (χ0n) is 12.1. The van der Waals surface area contributed by atoms with Gasteiger partial charge in [-0.1, -0.05) is 18.2 Å². The Morgan fingerprint density at radius 1 is 1.23 bits per heavy atom. The van der Waals surface area contributed by atoms with Crippen molar-refractivity contribution >= 4 is 17.5 Å². The molecule has 3 rings (SSSR count). The molecule has 1 heterocycles. The average molecular weight is 296 g/mol. The van der Waals surface area contributed by atoms with E-state index in [0.717, 1.165) is 16.9 Å². The largest absolute Gasteiger partial charge is 0.492 e. The van der Waals surface area contributed by atoms with Crippen LogP contribution in [0.4, 0.5) is 5.69 Å². The maximum Gasteiger partial charge on any atom is 0.248 e. The fourth-order valence-corrected chi connectivity index (χ4v) is 2.56. The van der Waals surface area contributed by atoms with Gasteiger partial charge in [-0.3, -0.25) is 9.59 Å². The van der Waals surface area contributed by atoms with Crippen LogP contribution in [0.25, 0.3) is 0 Å². The van der Waals surface area contributed by atoms with Crippen LogP contribution < -0.4 is 15.8 Å². The summed E-state index contributed by atoms with van der Waals surface area (Å²) in [4.78, 5) is 23.6. The lowest BCUT2D eigenvalue weighted by Gasteiger charge is -2.13. The minimum absolute atomic E-state index is 0.125. The molecule has 0 unspecified atom stereocenters. The molecule has 0 saturated carbocycles. The molecule has 0 spiro atoms. The first kappa shape index (κ1) is 14.1. The van der Waals surface area contributed by atoms with Gasteiger partial charge in [-0.15, -0.1) is 0 Å². The zero-order chi connectivity index (χ0) is 15.7. The van der Waals surface area contributed by atoms with Gasteiger partial charge in [-0.25, -0.2) is 0 Å². The van der Waals surface area contributed by atoms with Gasteiger partial charge < -0.3 is 15.8 Å². The Labute approximate surface area is 128 Å². The van der Waals surface area contributed by atoms with Gasteiger partial charge >= 0.3 is 0 Å². The third kappa shape index (κ3) is 2.53. The Bertz CT molecular complexity index is 755. The van der Waals surface area contributed by atoms with Gasteiger partial charge in [-0.05, 0) is 36.8 Å². The van der Waals surface area contributed by atoms with Crippen LogP contribution in [0.2, 0.25) is 0 Å². The minimum atomic E-state index is -0.487. The lowest BCUT2D eigenvalue weighted by Crippen LogP contribution is -2.22. The van der Waals surface area contributed by atoms with E-state index in [9.17, 15) is 9.59 Å². The lowest BCUT2D eigenvalue weighted by molar-refractivity contribution is -0.117.